The fourth-order valence-electron chi connectivity index (χ4n) is 4.16. The first-order chi connectivity index (χ1) is 18.1. The molecule has 9 nitrogen and oxygen atoms in total. The van der Waals surface area contributed by atoms with Crippen LogP contribution in [0.25, 0.3) is 0 Å². The second-order valence-electron chi connectivity index (χ2n) is 9.48. The number of hydrogen-bond donors (Lipinski definition) is 1. The molecule has 0 unspecified atom stereocenters. The van der Waals surface area contributed by atoms with Gasteiger partial charge in [0.15, 0.2) is 11.5 Å². The Kier molecular flexibility index (Phi) is 10.0. The van der Waals surface area contributed by atoms with Crippen molar-refractivity contribution in [3.8, 4) is 11.5 Å². The molecular weight excluding hydrogens is 506 g/mol. The maximum atomic E-state index is 13.9. The van der Waals surface area contributed by atoms with Gasteiger partial charge >= 0.3 is 0 Å². The van der Waals surface area contributed by atoms with E-state index in [0.29, 0.717) is 36.8 Å². The first kappa shape index (κ1) is 29.3. The van der Waals surface area contributed by atoms with Gasteiger partial charge in [-0.2, -0.15) is 0 Å². The van der Waals surface area contributed by atoms with Crippen molar-refractivity contribution in [3.05, 3.63) is 53.6 Å². The number of nitrogens with zero attached hydrogens (tertiary/aromatic N) is 2. The van der Waals surface area contributed by atoms with Crippen LogP contribution < -0.4 is 19.1 Å². The van der Waals surface area contributed by atoms with E-state index in [9.17, 15) is 18.0 Å². The van der Waals surface area contributed by atoms with Gasteiger partial charge in [0.1, 0.15) is 25.8 Å². The zero-order chi connectivity index (χ0) is 27.9. The summed E-state index contributed by atoms with van der Waals surface area (Å²) in [6, 6.07) is 11.7. The van der Waals surface area contributed by atoms with E-state index in [4.69, 9.17) is 9.47 Å². The number of nitrogens with one attached hydrogen (secondary N) is 1. The van der Waals surface area contributed by atoms with Gasteiger partial charge in [0.25, 0.3) is 0 Å². The number of carbonyl (C=O) groups is 2. The average molecular weight is 546 g/mol. The van der Waals surface area contributed by atoms with Gasteiger partial charge in [-0.15, -0.1) is 0 Å². The van der Waals surface area contributed by atoms with E-state index in [2.05, 4.69) is 5.32 Å². The van der Waals surface area contributed by atoms with Crippen molar-refractivity contribution in [3.63, 3.8) is 0 Å². The Hall–Kier alpha value is -3.27. The first-order valence-corrected chi connectivity index (χ1v) is 14.8. The number of sulfonamides is 1. The van der Waals surface area contributed by atoms with Crippen LogP contribution >= 0.6 is 0 Å². The van der Waals surface area contributed by atoms with Crippen molar-refractivity contribution in [2.45, 2.75) is 66.1 Å². The lowest BCUT2D eigenvalue weighted by atomic mass is 10.1. The van der Waals surface area contributed by atoms with Gasteiger partial charge in [-0.1, -0.05) is 43.7 Å². The van der Waals surface area contributed by atoms with Crippen molar-refractivity contribution in [2.75, 3.05) is 29.8 Å². The molecule has 1 aliphatic rings. The first-order valence-electron chi connectivity index (χ1n) is 13.1. The number of aryl methyl sites for hydroxylation is 1. The summed E-state index contributed by atoms with van der Waals surface area (Å²) in [6.45, 7) is 9.72. The maximum absolute atomic E-state index is 13.9. The van der Waals surface area contributed by atoms with Crippen LogP contribution in [0.5, 0.6) is 11.5 Å². The molecule has 1 heterocycles. The van der Waals surface area contributed by atoms with Crippen molar-refractivity contribution < 1.29 is 27.5 Å². The number of amides is 2. The van der Waals surface area contributed by atoms with Crippen LogP contribution in [0, 0.1) is 6.92 Å². The number of fused-ring (bicyclic) bond motifs is 1. The molecule has 0 fully saturated rings. The second kappa shape index (κ2) is 13.0. The molecule has 208 valence electrons. The Balaban J connectivity index is 1.97. The van der Waals surface area contributed by atoms with Crippen molar-refractivity contribution in [1.82, 2.24) is 10.2 Å². The fourth-order valence-corrected chi connectivity index (χ4v) is 5.21. The molecule has 1 aliphatic heterocycles. The maximum Gasteiger partial charge on any atom is 0.244 e. The predicted octanol–water partition coefficient (Wildman–Crippen LogP) is 3.64. The minimum atomic E-state index is -3.83. The van der Waals surface area contributed by atoms with Gasteiger partial charge in [0.2, 0.25) is 21.8 Å². The highest BCUT2D eigenvalue weighted by Gasteiger charge is 2.33. The molecule has 0 spiro atoms. The third-order valence-corrected chi connectivity index (χ3v) is 8.39. The second-order valence-corrected chi connectivity index (χ2v) is 11.7. The van der Waals surface area contributed by atoms with E-state index in [1.54, 1.807) is 18.2 Å². The quantitative estimate of drug-likeness (QED) is 0.437. The summed E-state index contributed by atoms with van der Waals surface area (Å²) >= 11 is 0. The topological polar surface area (TPSA) is 105 Å². The molecule has 0 saturated carbocycles. The number of carbonyl (C=O) groups excluding carboxylic acids is 2. The molecule has 1 N–H and O–H groups in total. The van der Waals surface area contributed by atoms with Crippen LogP contribution in [0.4, 0.5) is 5.69 Å². The van der Waals surface area contributed by atoms with E-state index in [1.165, 1.54) is 11.8 Å². The SMILES string of the molecule is CC[C@H](C(=O)N[C@@H](C)CC)N(Cc1ccc(C)cc1)C(=O)CN(c1ccc2c(c1)OCCO2)S(=O)(=O)CC. The van der Waals surface area contributed by atoms with Crippen molar-refractivity contribution >= 4 is 27.5 Å². The monoisotopic (exact) mass is 545 g/mol. The zero-order valence-corrected chi connectivity index (χ0v) is 23.7. The molecule has 0 radical (unpaired) electrons. The van der Waals surface area contributed by atoms with E-state index >= 15 is 0 Å². The Morgan fingerprint density at radius 3 is 2.24 bits per heavy atom. The largest absolute Gasteiger partial charge is 0.486 e. The molecule has 0 bridgehead atoms. The van der Waals surface area contributed by atoms with E-state index in [1.807, 2.05) is 52.0 Å². The summed E-state index contributed by atoms with van der Waals surface area (Å²) < 4.78 is 38.7. The van der Waals surface area contributed by atoms with Gasteiger partial charge in [-0.25, -0.2) is 8.42 Å². The summed E-state index contributed by atoms with van der Waals surface area (Å²) in [5.74, 6) is 0.0239. The molecular formula is C28H39N3O6S. The predicted molar refractivity (Wildman–Crippen MR) is 148 cm³/mol. The van der Waals surface area contributed by atoms with Crippen LogP contribution in [0.1, 0.15) is 51.7 Å². The standard InChI is InChI=1S/C28H39N3O6S/c1-6-21(5)29-28(33)24(7-2)30(18-22-11-9-20(4)10-12-22)27(32)19-31(38(34,35)8-3)23-13-14-25-26(17-23)37-16-15-36-25/h9-14,17,21,24H,6-8,15-16,18-19H2,1-5H3,(H,29,33)/t21-,24+/m0/s1. The smallest absolute Gasteiger partial charge is 0.244 e. The summed E-state index contributed by atoms with van der Waals surface area (Å²) in [5.41, 5.74) is 2.23. The Bertz CT molecular complexity index is 1220. The van der Waals surface area contributed by atoms with Crippen LogP contribution in [0.2, 0.25) is 0 Å². The van der Waals surface area contributed by atoms with E-state index in [0.717, 1.165) is 21.9 Å². The third-order valence-electron chi connectivity index (χ3n) is 6.65. The molecule has 0 saturated heterocycles. The van der Waals surface area contributed by atoms with Crippen molar-refractivity contribution in [1.29, 1.82) is 0 Å². The Morgan fingerprint density at radius 1 is 0.974 bits per heavy atom. The van der Waals surface area contributed by atoms with Crippen LogP contribution in [0.3, 0.4) is 0 Å². The lowest BCUT2D eigenvalue weighted by Gasteiger charge is -2.34. The van der Waals surface area contributed by atoms with Crippen molar-refractivity contribution in [2.24, 2.45) is 0 Å². The lowest BCUT2D eigenvalue weighted by molar-refractivity contribution is -0.140. The van der Waals surface area contributed by atoms with E-state index in [-0.39, 0.29) is 24.2 Å². The summed E-state index contributed by atoms with van der Waals surface area (Å²) in [5, 5.41) is 2.98. The molecule has 38 heavy (non-hydrogen) atoms. The van der Waals surface area contributed by atoms with Crippen LogP contribution in [-0.2, 0) is 26.2 Å². The highest BCUT2D eigenvalue weighted by atomic mass is 32.2. The molecule has 2 atom stereocenters. The zero-order valence-electron chi connectivity index (χ0n) is 22.9. The summed E-state index contributed by atoms with van der Waals surface area (Å²) in [6.07, 6.45) is 1.13. The Morgan fingerprint density at radius 2 is 1.63 bits per heavy atom. The van der Waals surface area contributed by atoms with Gasteiger partial charge in [-0.05, 0) is 51.3 Å². The number of hydrogen-bond acceptors (Lipinski definition) is 6. The summed E-state index contributed by atoms with van der Waals surface area (Å²) in [4.78, 5) is 28.6. The number of ether oxygens (including phenoxy) is 2. The molecule has 3 rings (SSSR count). The highest BCUT2D eigenvalue weighted by Crippen LogP contribution is 2.35. The number of rotatable bonds is 12. The number of anilines is 1. The third kappa shape index (κ3) is 7.18. The van der Waals surface area contributed by atoms with Gasteiger partial charge < -0.3 is 19.7 Å². The lowest BCUT2D eigenvalue weighted by Crippen LogP contribution is -2.53. The molecule has 2 aromatic carbocycles. The van der Waals surface area contributed by atoms with Gasteiger partial charge in [0, 0.05) is 18.7 Å². The van der Waals surface area contributed by atoms with Crippen LogP contribution in [-0.4, -0.2) is 62.7 Å². The summed E-state index contributed by atoms with van der Waals surface area (Å²) in [7, 11) is -3.83. The van der Waals surface area contributed by atoms with E-state index < -0.39 is 28.5 Å². The van der Waals surface area contributed by atoms with Crippen LogP contribution in [0.15, 0.2) is 42.5 Å². The Labute approximate surface area is 226 Å². The van der Waals surface area contributed by atoms with Gasteiger partial charge in [0.05, 0.1) is 11.4 Å². The highest BCUT2D eigenvalue weighted by molar-refractivity contribution is 7.92. The molecule has 0 aromatic heterocycles. The average Bonchev–Trinajstić information content (AvgIpc) is 2.92. The minimum absolute atomic E-state index is 0.0532. The molecule has 2 aromatic rings. The molecule has 2 amide bonds. The minimum Gasteiger partial charge on any atom is -0.486 e. The number of benzene rings is 2. The normalized spacial score (nSPS) is 14.3. The molecule has 10 heteroatoms. The van der Waals surface area contributed by atoms with Gasteiger partial charge in [-0.3, -0.25) is 13.9 Å². The molecule has 0 aliphatic carbocycles. The fraction of sp³-hybridized carbons (Fsp3) is 0.500.